The van der Waals surface area contributed by atoms with Gasteiger partial charge in [0, 0.05) is 24.1 Å². The Morgan fingerprint density at radius 2 is 2.24 bits per heavy atom. The van der Waals surface area contributed by atoms with Crippen LogP contribution in [0.5, 0.6) is 0 Å². The number of benzene rings is 1. The van der Waals surface area contributed by atoms with Crippen LogP contribution in [-0.4, -0.2) is 28.2 Å². The second-order valence-electron chi connectivity index (χ2n) is 5.52. The molecule has 0 aliphatic heterocycles. The number of anilines is 1. The third-order valence-electron chi connectivity index (χ3n) is 3.76. The van der Waals surface area contributed by atoms with Gasteiger partial charge in [-0.05, 0) is 24.6 Å². The Bertz CT molecular complexity index is 949. The summed E-state index contributed by atoms with van der Waals surface area (Å²) in [5.41, 5.74) is 3.22. The third kappa shape index (κ3) is 3.72. The van der Waals surface area contributed by atoms with Crippen LogP contribution in [0.1, 0.15) is 16.8 Å². The first-order valence-corrected chi connectivity index (χ1v) is 7.63. The number of pyridine rings is 1. The largest absolute Gasteiger partial charge is 0.380 e. The summed E-state index contributed by atoms with van der Waals surface area (Å²) in [6.45, 7) is 1.97. The average Bonchev–Trinajstić information content (AvgIpc) is 2.97. The van der Waals surface area contributed by atoms with Crippen molar-refractivity contribution in [3.05, 3.63) is 59.3 Å². The van der Waals surface area contributed by atoms with E-state index in [4.69, 9.17) is 4.74 Å². The van der Waals surface area contributed by atoms with Crippen molar-refractivity contribution in [2.45, 2.75) is 13.5 Å². The van der Waals surface area contributed by atoms with Crippen molar-refractivity contribution in [1.29, 1.82) is 0 Å². The molecule has 2 aromatic heterocycles. The molecule has 0 saturated carbocycles. The third-order valence-corrected chi connectivity index (χ3v) is 3.76. The lowest BCUT2D eigenvalue weighted by atomic mass is 10.1. The van der Waals surface area contributed by atoms with Crippen molar-refractivity contribution >= 4 is 28.6 Å². The maximum Gasteiger partial charge on any atom is 0.248 e. The summed E-state index contributed by atoms with van der Waals surface area (Å²) in [6.07, 6.45) is 5.53. The summed E-state index contributed by atoms with van der Waals surface area (Å²) in [6, 6.07) is 5.74. The van der Waals surface area contributed by atoms with Gasteiger partial charge in [-0.15, -0.1) is 0 Å². The van der Waals surface area contributed by atoms with Crippen LogP contribution in [0.4, 0.5) is 10.1 Å². The van der Waals surface area contributed by atoms with Crippen molar-refractivity contribution in [2.75, 3.05) is 12.4 Å². The number of methoxy groups -OCH3 is 1. The zero-order valence-electron chi connectivity index (χ0n) is 13.8. The van der Waals surface area contributed by atoms with Gasteiger partial charge >= 0.3 is 0 Å². The van der Waals surface area contributed by atoms with E-state index in [9.17, 15) is 9.18 Å². The Kier molecular flexibility index (Phi) is 4.85. The topological polar surface area (TPSA) is 79.9 Å². The van der Waals surface area contributed by atoms with Gasteiger partial charge in [0.05, 0.1) is 35.9 Å². The van der Waals surface area contributed by atoms with Crippen molar-refractivity contribution < 1.29 is 13.9 Å². The maximum atomic E-state index is 13.8. The first-order chi connectivity index (χ1) is 12.1. The molecule has 0 unspecified atom stereocenters. The molecule has 1 aromatic carbocycles. The zero-order chi connectivity index (χ0) is 17.8. The van der Waals surface area contributed by atoms with Crippen LogP contribution in [0, 0.1) is 12.7 Å². The van der Waals surface area contributed by atoms with E-state index in [0.29, 0.717) is 0 Å². The molecule has 1 amide bonds. The molecule has 0 radical (unpaired) electrons. The molecule has 0 aliphatic rings. The molecule has 128 valence electrons. The van der Waals surface area contributed by atoms with E-state index >= 15 is 0 Å². The van der Waals surface area contributed by atoms with Crippen LogP contribution in [-0.2, 0) is 16.1 Å². The SMILES string of the molecule is COCc1c(F)cncc1NC(=O)/C=C/c1ccc2c(C)n[nH]c2c1. The number of hydrogen-bond donors (Lipinski definition) is 2. The molecule has 2 heterocycles. The van der Waals surface area contributed by atoms with Crippen LogP contribution in [0.2, 0.25) is 0 Å². The lowest BCUT2D eigenvalue weighted by Crippen LogP contribution is -2.11. The van der Waals surface area contributed by atoms with Gasteiger partial charge in [-0.1, -0.05) is 12.1 Å². The molecule has 0 aliphatic carbocycles. The molecule has 7 heteroatoms. The van der Waals surface area contributed by atoms with Gasteiger partial charge in [0.2, 0.25) is 5.91 Å². The summed E-state index contributed by atoms with van der Waals surface area (Å²) in [5, 5.41) is 10.7. The second kappa shape index (κ2) is 7.23. The number of amides is 1. The molecule has 6 nitrogen and oxygen atoms in total. The molecule has 0 saturated heterocycles. The van der Waals surface area contributed by atoms with Gasteiger partial charge in [0.15, 0.2) is 0 Å². The molecule has 0 atom stereocenters. The monoisotopic (exact) mass is 340 g/mol. The lowest BCUT2D eigenvalue weighted by molar-refractivity contribution is -0.111. The summed E-state index contributed by atoms with van der Waals surface area (Å²) in [5.74, 6) is -0.908. The first kappa shape index (κ1) is 16.8. The van der Waals surface area contributed by atoms with Crippen LogP contribution in [0.3, 0.4) is 0 Å². The van der Waals surface area contributed by atoms with E-state index in [0.717, 1.165) is 28.4 Å². The molecule has 0 bridgehead atoms. The molecule has 0 fully saturated rings. The Labute approximate surface area is 143 Å². The molecular formula is C18H17FN4O2. The highest BCUT2D eigenvalue weighted by atomic mass is 19.1. The Morgan fingerprint density at radius 1 is 1.40 bits per heavy atom. The minimum atomic E-state index is -0.524. The van der Waals surface area contributed by atoms with Crippen molar-refractivity contribution in [1.82, 2.24) is 15.2 Å². The van der Waals surface area contributed by atoms with Crippen molar-refractivity contribution in [3.8, 4) is 0 Å². The predicted molar refractivity (Wildman–Crippen MR) is 93.4 cm³/mol. The number of rotatable bonds is 5. The highest BCUT2D eigenvalue weighted by molar-refractivity contribution is 6.02. The molecule has 25 heavy (non-hydrogen) atoms. The number of fused-ring (bicyclic) bond motifs is 1. The highest BCUT2D eigenvalue weighted by Gasteiger charge is 2.10. The number of carbonyl (C=O) groups excluding carboxylic acids is 1. The minimum absolute atomic E-state index is 0.0452. The Hall–Kier alpha value is -3.06. The fourth-order valence-electron chi connectivity index (χ4n) is 2.48. The highest BCUT2D eigenvalue weighted by Crippen LogP contribution is 2.19. The normalized spacial score (nSPS) is 11.3. The minimum Gasteiger partial charge on any atom is -0.380 e. The number of aryl methyl sites for hydroxylation is 1. The summed E-state index contributed by atoms with van der Waals surface area (Å²) >= 11 is 0. The summed E-state index contributed by atoms with van der Waals surface area (Å²) in [4.78, 5) is 15.9. The number of aromatic nitrogens is 3. The van der Waals surface area contributed by atoms with Crippen LogP contribution < -0.4 is 5.32 Å². The number of halogens is 1. The maximum absolute atomic E-state index is 13.8. The fourth-order valence-corrected chi connectivity index (χ4v) is 2.48. The van der Waals surface area contributed by atoms with Gasteiger partial charge < -0.3 is 10.1 Å². The van der Waals surface area contributed by atoms with E-state index in [-0.39, 0.29) is 23.8 Å². The van der Waals surface area contributed by atoms with Gasteiger partial charge in [-0.25, -0.2) is 4.39 Å². The second-order valence-corrected chi connectivity index (χ2v) is 5.52. The number of hydrogen-bond acceptors (Lipinski definition) is 4. The fraction of sp³-hybridized carbons (Fsp3) is 0.167. The quantitative estimate of drug-likeness (QED) is 0.699. The number of nitrogens with zero attached hydrogens (tertiary/aromatic N) is 2. The molecular weight excluding hydrogens is 323 g/mol. The van der Waals surface area contributed by atoms with E-state index in [1.807, 2.05) is 25.1 Å². The van der Waals surface area contributed by atoms with Crippen molar-refractivity contribution in [2.24, 2.45) is 0 Å². The first-order valence-electron chi connectivity index (χ1n) is 7.63. The van der Waals surface area contributed by atoms with E-state index in [2.05, 4.69) is 20.5 Å². The molecule has 0 spiro atoms. The van der Waals surface area contributed by atoms with E-state index < -0.39 is 5.82 Å². The average molecular weight is 340 g/mol. The molecule has 3 rings (SSSR count). The van der Waals surface area contributed by atoms with E-state index in [1.165, 1.54) is 19.4 Å². The predicted octanol–water partition coefficient (Wildman–Crippen LogP) is 3.20. The van der Waals surface area contributed by atoms with Crippen LogP contribution in [0.25, 0.3) is 17.0 Å². The lowest BCUT2D eigenvalue weighted by Gasteiger charge is -2.09. The van der Waals surface area contributed by atoms with Crippen LogP contribution in [0.15, 0.2) is 36.7 Å². The van der Waals surface area contributed by atoms with E-state index in [1.54, 1.807) is 6.08 Å². The number of H-pyrrole nitrogens is 1. The van der Waals surface area contributed by atoms with Crippen LogP contribution >= 0.6 is 0 Å². The molecule has 3 aromatic rings. The number of aromatic amines is 1. The summed E-state index contributed by atoms with van der Waals surface area (Å²) in [7, 11) is 1.46. The van der Waals surface area contributed by atoms with Gasteiger partial charge in [0.25, 0.3) is 0 Å². The number of carbonyl (C=O) groups is 1. The van der Waals surface area contributed by atoms with Gasteiger partial charge in [-0.2, -0.15) is 5.10 Å². The Balaban J connectivity index is 1.75. The zero-order valence-corrected chi connectivity index (χ0v) is 13.8. The molecule has 2 N–H and O–H groups in total. The standard InChI is InChI=1S/C18H17FN4O2/c1-11-13-5-3-12(7-16(13)23-22-11)4-6-18(24)21-17-9-20-8-15(19)14(17)10-25-2/h3-9H,10H2,1-2H3,(H,21,24)(H,22,23)/b6-4+. The van der Waals surface area contributed by atoms with Crippen molar-refractivity contribution in [3.63, 3.8) is 0 Å². The number of ether oxygens (including phenoxy) is 1. The number of nitrogens with one attached hydrogen (secondary N) is 2. The smallest absolute Gasteiger partial charge is 0.248 e. The summed E-state index contributed by atoms with van der Waals surface area (Å²) < 4.78 is 18.7. The Morgan fingerprint density at radius 3 is 3.04 bits per heavy atom. The van der Waals surface area contributed by atoms with Gasteiger partial charge in [-0.3, -0.25) is 14.9 Å². The van der Waals surface area contributed by atoms with Gasteiger partial charge in [0.1, 0.15) is 5.82 Å².